The topological polar surface area (TPSA) is 58.8 Å². The lowest BCUT2D eigenvalue weighted by molar-refractivity contribution is -0.128. The number of likely N-dealkylation sites (tertiary alicyclic amines) is 1. The smallest absolute Gasteiger partial charge is 0.242 e. The Balaban J connectivity index is 2.07. The molecule has 1 aromatic carbocycles. The van der Waals surface area contributed by atoms with Crippen LogP contribution in [0.5, 0.6) is 5.75 Å². The van der Waals surface area contributed by atoms with Crippen LogP contribution in [0.3, 0.4) is 0 Å². The van der Waals surface area contributed by atoms with Crippen molar-refractivity contribution >= 4 is 11.6 Å². The SMILES string of the molecule is COc1cccc(N(CCCN)CC(=O)N2CCCC2)c1. The maximum atomic E-state index is 12.4. The molecule has 0 spiro atoms. The Morgan fingerprint density at radius 1 is 1.38 bits per heavy atom. The van der Waals surface area contributed by atoms with Crippen molar-refractivity contribution in [2.45, 2.75) is 19.3 Å². The first-order chi connectivity index (χ1) is 10.2. The number of methoxy groups -OCH3 is 1. The van der Waals surface area contributed by atoms with Crippen LogP contribution < -0.4 is 15.4 Å². The highest BCUT2D eigenvalue weighted by Gasteiger charge is 2.20. The minimum Gasteiger partial charge on any atom is -0.497 e. The van der Waals surface area contributed by atoms with E-state index in [4.69, 9.17) is 10.5 Å². The van der Waals surface area contributed by atoms with Crippen LogP contribution in [0, 0.1) is 0 Å². The Kier molecular flexibility index (Phi) is 5.87. The maximum absolute atomic E-state index is 12.4. The van der Waals surface area contributed by atoms with E-state index in [1.54, 1.807) is 7.11 Å². The molecule has 5 nitrogen and oxygen atoms in total. The second kappa shape index (κ2) is 7.88. The van der Waals surface area contributed by atoms with Gasteiger partial charge < -0.3 is 20.3 Å². The van der Waals surface area contributed by atoms with Gasteiger partial charge in [-0.25, -0.2) is 0 Å². The lowest BCUT2D eigenvalue weighted by Gasteiger charge is -2.27. The van der Waals surface area contributed by atoms with Crippen LogP contribution in [-0.2, 0) is 4.79 Å². The predicted molar refractivity (Wildman–Crippen MR) is 84.7 cm³/mol. The maximum Gasteiger partial charge on any atom is 0.242 e. The van der Waals surface area contributed by atoms with Crippen LogP contribution in [-0.4, -0.2) is 50.6 Å². The summed E-state index contributed by atoms with van der Waals surface area (Å²) < 4.78 is 5.27. The Hall–Kier alpha value is -1.75. The third-order valence-electron chi connectivity index (χ3n) is 3.84. The molecule has 0 aromatic heterocycles. The minimum atomic E-state index is 0.201. The highest BCUT2D eigenvalue weighted by atomic mass is 16.5. The standard InChI is InChI=1S/C16H25N3O2/c1-21-15-7-4-6-14(12-15)19(11-5-8-17)13-16(20)18-9-2-3-10-18/h4,6-7,12H,2-3,5,8-11,13,17H2,1H3. The molecular weight excluding hydrogens is 266 g/mol. The van der Waals surface area contributed by atoms with Crippen LogP contribution in [0.1, 0.15) is 19.3 Å². The summed E-state index contributed by atoms with van der Waals surface area (Å²) in [5, 5.41) is 0. The van der Waals surface area contributed by atoms with Crippen molar-refractivity contribution in [1.82, 2.24) is 4.90 Å². The van der Waals surface area contributed by atoms with Gasteiger partial charge in [0.1, 0.15) is 5.75 Å². The van der Waals surface area contributed by atoms with E-state index in [0.717, 1.165) is 50.3 Å². The number of carbonyl (C=O) groups is 1. The molecule has 1 saturated heterocycles. The Labute approximate surface area is 126 Å². The van der Waals surface area contributed by atoms with Gasteiger partial charge in [-0.1, -0.05) is 6.07 Å². The third-order valence-corrected chi connectivity index (χ3v) is 3.84. The Morgan fingerprint density at radius 3 is 2.81 bits per heavy atom. The fraction of sp³-hybridized carbons (Fsp3) is 0.562. The number of carbonyl (C=O) groups excluding carboxylic acids is 1. The van der Waals surface area contributed by atoms with Crippen molar-refractivity contribution in [3.05, 3.63) is 24.3 Å². The Bertz CT molecular complexity index is 459. The minimum absolute atomic E-state index is 0.201. The molecule has 0 aliphatic carbocycles. The number of rotatable bonds is 7. The number of nitrogens with zero attached hydrogens (tertiary/aromatic N) is 2. The number of benzene rings is 1. The molecule has 1 fully saturated rings. The molecule has 1 heterocycles. The van der Waals surface area contributed by atoms with Gasteiger partial charge in [-0.05, 0) is 37.9 Å². The zero-order valence-corrected chi connectivity index (χ0v) is 12.8. The number of anilines is 1. The van der Waals surface area contributed by atoms with Gasteiger partial charge in [-0.15, -0.1) is 0 Å². The van der Waals surface area contributed by atoms with Crippen LogP contribution in [0.4, 0.5) is 5.69 Å². The molecule has 1 aromatic rings. The number of amides is 1. The Morgan fingerprint density at radius 2 is 2.14 bits per heavy atom. The van der Waals surface area contributed by atoms with E-state index in [2.05, 4.69) is 4.90 Å². The van der Waals surface area contributed by atoms with Gasteiger partial charge in [0.15, 0.2) is 0 Å². The average molecular weight is 291 g/mol. The van der Waals surface area contributed by atoms with Gasteiger partial charge >= 0.3 is 0 Å². The zero-order valence-electron chi connectivity index (χ0n) is 12.8. The van der Waals surface area contributed by atoms with Crippen molar-refractivity contribution in [3.63, 3.8) is 0 Å². The van der Waals surface area contributed by atoms with E-state index < -0.39 is 0 Å². The molecule has 0 bridgehead atoms. The summed E-state index contributed by atoms with van der Waals surface area (Å²) in [5.41, 5.74) is 6.63. The molecule has 21 heavy (non-hydrogen) atoms. The summed E-state index contributed by atoms with van der Waals surface area (Å²) in [7, 11) is 1.65. The van der Waals surface area contributed by atoms with Crippen molar-refractivity contribution in [2.24, 2.45) is 5.73 Å². The van der Waals surface area contributed by atoms with Gasteiger partial charge in [0.05, 0.1) is 13.7 Å². The summed E-state index contributed by atoms with van der Waals surface area (Å²) in [4.78, 5) is 16.4. The molecule has 1 aliphatic rings. The fourth-order valence-electron chi connectivity index (χ4n) is 2.62. The molecule has 2 N–H and O–H groups in total. The summed E-state index contributed by atoms with van der Waals surface area (Å²) in [6.07, 6.45) is 3.10. The zero-order chi connectivity index (χ0) is 15.1. The number of hydrogen-bond donors (Lipinski definition) is 1. The van der Waals surface area contributed by atoms with Crippen molar-refractivity contribution in [1.29, 1.82) is 0 Å². The molecule has 0 unspecified atom stereocenters. The molecular formula is C16H25N3O2. The summed E-state index contributed by atoms with van der Waals surface area (Å²) in [6.45, 7) is 3.60. The molecule has 1 aliphatic heterocycles. The van der Waals surface area contributed by atoms with Crippen LogP contribution in [0.25, 0.3) is 0 Å². The fourth-order valence-corrected chi connectivity index (χ4v) is 2.62. The third kappa shape index (κ3) is 4.36. The van der Waals surface area contributed by atoms with E-state index in [9.17, 15) is 4.79 Å². The second-order valence-corrected chi connectivity index (χ2v) is 5.35. The number of ether oxygens (including phenoxy) is 1. The van der Waals surface area contributed by atoms with Crippen LogP contribution >= 0.6 is 0 Å². The average Bonchev–Trinajstić information content (AvgIpc) is 3.05. The predicted octanol–water partition coefficient (Wildman–Crippen LogP) is 1.47. The lowest BCUT2D eigenvalue weighted by Crippen LogP contribution is -2.39. The molecule has 116 valence electrons. The molecule has 0 atom stereocenters. The van der Waals surface area contributed by atoms with Gasteiger partial charge in [-0.3, -0.25) is 4.79 Å². The van der Waals surface area contributed by atoms with Crippen molar-refractivity contribution < 1.29 is 9.53 Å². The highest BCUT2D eigenvalue weighted by Crippen LogP contribution is 2.21. The van der Waals surface area contributed by atoms with Crippen molar-refractivity contribution in [3.8, 4) is 5.75 Å². The lowest BCUT2D eigenvalue weighted by atomic mass is 10.2. The summed E-state index contributed by atoms with van der Waals surface area (Å²) >= 11 is 0. The monoisotopic (exact) mass is 291 g/mol. The molecule has 1 amide bonds. The molecule has 5 heteroatoms. The van der Waals surface area contributed by atoms with E-state index in [-0.39, 0.29) is 5.91 Å². The first-order valence-corrected chi connectivity index (χ1v) is 7.61. The van der Waals surface area contributed by atoms with Gasteiger partial charge in [0.25, 0.3) is 0 Å². The van der Waals surface area contributed by atoms with Gasteiger partial charge in [0.2, 0.25) is 5.91 Å². The first kappa shape index (κ1) is 15.6. The second-order valence-electron chi connectivity index (χ2n) is 5.35. The van der Waals surface area contributed by atoms with E-state index in [1.807, 2.05) is 29.2 Å². The van der Waals surface area contributed by atoms with Crippen LogP contribution in [0.2, 0.25) is 0 Å². The van der Waals surface area contributed by atoms with E-state index >= 15 is 0 Å². The van der Waals surface area contributed by atoms with E-state index in [1.165, 1.54) is 0 Å². The first-order valence-electron chi connectivity index (χ1n) is 7.61. The van der Waals surface area contributed by atoms with Crippen LogP contribution in [0.15, 0.2) is 24.3 Å². The number of nitrogens with two attached hydrogens (primary N) is 1. The number of hydrogen-bond acceptors (Lipinski definition) is 4. The van der Waals surface area contributed by atoms with Crippen molar-refractivity contribution in [2.75, 3.05) is 44.7 Å². The molecule has 0 radical (unpaired) electrons. The quantitative estimate of drug-likeness (QED) is 0.826. The summed E-state index contributed by atoms with van der Waals surface area (Å²) in [5.74, 6) is 1.01. The normalized spacial score (nSPS) is 14.3. The van der Waals surface area contributed by atoms with E-state index in [0.29, 0.717) is 13.1 Å². The largest absolute Gasteiger partial charge is 0.497 e. The molecule has 2 rings (SSSR count). The highest BCUT2D eigenvalue weighted by molar-refractivity contribution is 5.81. The molecule has 0 saturated carbocycles. The summed E-state index contributed by atoms with van der Waals surface area (Å²) in [6, 6.07) is 7.83. The van der Waals surface area contributed by atoms with Gasteiger partial charge in [0, 0.05) is 31.4 Å². The van der Waals surface area contributed by atoms with Gasteiger partial charge in [-0.2, -0.15) is 0 Å².